The van der Waals surface area contributed by atoms with Crippen LogP contribution in [-0.2, 0) is 14.4 Å². The summed E-state index contributed by atoms with van der Waals surface area (Å²) in [6, 6.07) is 19.8. The maximum absolute atomic E-state index is 13.3. The third-order valence-electron chi connectivity index (χ3n) is 6.00. The number of aromatic nitrogens is 1. The van der Waals surface area contributed by atoms with Gasteiger partial charge in [-0.3, -0.25) is 9.82 Å². The average molecular weight is 486 g/mol. The fraction of sp³-hybridized carbons (Fsp3) is 0.222. The molecule has 1 unspecified atom stereocenters. The van der Waals surface area contributed by atoms with Gasteiger partial charge in [-0.2, -0.15) is 5.26 Å². The third-order valence-corrected chi connectivity index (χ3v) is 6.00. The third kappa shape index (κ3) is 5.27. The SMILES string of the molecule is CC1=C(C#N)C(c2cccc3ncc(-c4ccccc4)cc23)C(C(=O)OCCCON([O-])O)=C(C)N1. The van der Waals surface area contributed by atoms with Gasteiger partial charge < -0.3 is 20.5 Å². The van der Waals surface area contributed by atoms with Gasteiger partial charge in [0.15, 0.2) is 0 Å². The van der Waals surface area contributed by atoms with E-state index in [2.05, 4.69) is 21.2 Å². The van der Waals surface area contributed by atoms with Gasteiger partial charge in [0.1, 0.15) is 0 Å². The Bertz CT molecular complexity index is 1380. The van der Waals surface area contributed by atoms with Crippen molar-refractivity contribution in [2.24, 2.45) is 0 Å². The highest BCUT2D eigenvalue weighted by Gasteiger charge is 2.35. The van der Waals surface area contributed by atoms with Crippen molar-refractivity contribution in [2.45, 2.75) is 26.2 Å². The molecule has 1 aliphatic rings. The van der Waals surface area contributed by atoms with Crippen LogP contribution in [0.4, 0.5) is 0 Å². The molecule has 184 valence electrons. The van der Waals surface area contributed by atoms with Gasteiger partial charge in [0.05, 0.1) is 41.9 Å². The number of rotatable bonds is 8. The van der Waals surface area contributed by atoms with Crippen molar-refractivity contribution in [2.75, 3.05) is 13.2 Å². The van der Waals surface area contributed by atoms with Gasteiger partial charge in [-0.05, 0) is 37.1 Å². The van der Waals surface area contributed by atoms with Crippen molar-refractivity contribution >= 4 is 16.9 Å². The number of esters is 1. The topological polar surface area (TPSA) is 131 Å². The maximum atomic E-state index is 13.3. The van der Waals surface area contributed by atoms with E-state index in [-0.39, 0.29) is 19.6 Å². The number of ether oxygens (including phenoxy) is 1. The monoisotopic (exact) mass is 485 g/mol. The number of benzene rings is 2. The first-order valence-electron chi connectivity index (χ1n) is 11.4. The smallest absolute Gasteiger partial charge is 0.336 e. The normalized spacial score (nSPS) is 15.7. The van der Waals surface area contributed by atoms with E-state index < -0.39 is 17.3 Å². The first-order valence-corrected chi connectivity index (χ1v) is 11.4. The number of carbonyl (C=O) groups is 1. The van der Waals surface area contributed by atoms with Crippen molar-refractivity contribution in [3.63, 3.8) is 0 Å². The number of hydrogen-bond donors (Lipinski definition) is 2. The summed E-state index contributed by atoms with van der Waals surface area (Å²) in [5.41, 5.74) is 5.42. The molecular formula is C27H25N4O5-. The second-order valence-corrected chi connectivity index (χ2v) is 8.31. The van der Waals surface area contributed by atoms with E-state index in [9.17, 15) is 15.3 Å². The highest BCUT2D eigenvalue weighted by molar-refractivity contribution is 5.96. The van der Waals surface area contributed by atoms with E-state index in [1.54, 1.807) is 13.8 Å². The van der Waals surface area contributed by atoms with E-state index >= 15 is 0 Å². The van der Waals surface area contributed by atoms with Crippen molar-refractivity contribution in [1.82, 2.24) is 15.7 Å². The number of nitrogens with one attached hydrogen (secondary N) is 1. The quantitative estimate of drug-likeness (QED) is 0.264. The predicted octanol–water partition coefficient (Wildman–Crippen LogP) is 4.71. The molecule has 0 spiro atoms. The lowest BCUT2D eigenvalue weighted by molar-refractivity contribution is -0.305. The number of allylic oxidation sites excluding steroid dienone is 3. The fourth-order valence-corrected chi connectivity index (χ4v) is 4.38. The molecule has 9 nitrogen and oxygen atoms in total. The van der Waals surface area contributed by atoms with E-state index in [0.29, 0.717) is 22.5 Å². The number of carbonyl (C=O) groups excluding carboxylic acids is 1. The molecule has 1 atom stereocenters. The zero-order valence-electron chi connectivity index (χ0n) is 19.9. The van der Waals surface area contributed by atoms with E-state index in [1.165, 1.54) is 0 Å². The number of fused-ring (bicyclic) bond motifs is 1. The lowest BCUT2D eigenvalue weighted by Gasteiger charge is -2.29. The Labute approximate surface area is 208 Å². The van der Waals surface area contributed by atoms with Crippen molar-refractivity contribution in [3.8, 4) is 17.2 Å². The number of hydrogen-bond acceptors (Lipinski definition) is 9. The molecule has 2 aromatic carbocycles. The molecule has 3 aromatic rings. The summed E-state index contributed by atoms with van der Waals surface area (Å²) < 4.78 is 5.45. The number of nitriles is 1. The van der Waals surface area contributed by atoms with Crippen LogP contribution in [0, 0.1) is 16.5 Å². The largest absolute Gasteiger partial charge is 0.738 e. The number of pyridine rings is 1. The van der Waals surface area contributed by atoms with Gasteiger partial charge in [-0.25, -0.2) is 4.79 Å². The van der Waals surface area contributed by atoms with Crippen LogP contribution in [-0.4, -0.2) is 34.8 Å². The number of dihydropyridines is 1. The Morgan fingerprint density at radius 2 is 1.92 bits per heavy atom. The molecule has 4 rings (SSSR count). The summed E-state index contributed by atoms with van der Waals surface area (Å²) in [4.78, 5) is 22.3. The van der Waals surface area contributed by atoms with E-state index in [1.807, 2.05) is 60.8 Å². The fourth-order valence-electron chi connectivity index (χ4n) is 4.38. The minimum absolute atomic E-state index is 0.0317. The van der Waals surface area contributed by atoms with Gasteiger partial charge in [0.2, 0.25) is 0 Å². The van der Waals surface area contributed by atoms with Gasteiger partial charge in [0.25, 0.3) is 0 Å². The van der Waals surface area contributed by atoms with Crippen LogP contribution in [0.25, 0.3) is 22.0 Å². The lowest BCUT2D eigenvalue weighted by atomic mass is 9.79. The standard InChI is InChI=1S/C27H25N4O5/c1-17-23(15-28)26(25(18(2)30-17)27(32)35-12-7-13-36-31(33)34)21-10-6-11-24-22(21)14-20(16-29-24)19-8-4-3-5-9-19/h3-6,8-11,14,16,26,30,33H,7,12-13H2,1-2H3/q-1. The van der Waals surface area contributed by atoms with Crippen LogP contribution in [0.2, 0.25) is 0 Å². The van der Waals surface area contributed by atoms with Crippen LogP contribution < -0.4 is 5.32 Å². The van der Waals surface area contributed by atoms with Gasteiger partial charge in [-0.15, -0.1) is 5.39 Å². The molecule has 0 fully saturated rings. The second kappa shape index (κ2) is 11.1. The minimum atomic E-state index is -0.661. The zero-order chi connectivity index (χ0) is 25.7. The molecule has 0 saturated heterocycles. The van der Waals surface area contributed by atoms with Gasteiger partial charge >= 0.3 is 5.97 Å². The maximum Gasteiger partial charge on any atom is 0.336 e. The zero-order valence-corrected chi connectivity index (χ0v) is 19.9. The Kier molecular flexibility index (Phi) is 7.73. The van der Waals surface area contributed by atoms with Crippen LogP contribution in [0.15, 0.2) is 83.3 Å². The van der Waals surface area contributed by atoms with E-state index in [4.69, 9.17) is 9.94 Å². The highest BCUT2D eigenvalue weighted by atomic mass is 17.1. The molecule has 0 amide bonds. The molecule has 1 aromatic heterocycles. The summed E-state index contributed by atoms with van der Waals surface area (Å²) in [6.07, 6.45) is 2.01. The molecule has 1 aliphatic heterocycles. The molecule has 0 bridgehead atoms. The summed E-state index contributed by atoms with van der Waals surface area (Å²) in [5.74, 6) is -1.25. The summed E-state index contributed by atoms with van der Waals surface area (Å²) in [6.45, 7) is 3.42. The average Bonchev–Trinajstić information content (AvgIpc) is 2.87. The van der Waals surface area contributed by atoms with Crippen LogP contribution in [0.5, 0.6) is 0 Å². The van der Waals surface area contributed by atoms with E-state index in [0.717, 1.165) is 27.6 Å². The first kappa shape index (κ1) is 25.0. The van der Waals surface area contributed by atoms with Gasteiger partial charge in [0, 0.05) is 35.0 Å². The Hall–Kier alpha value is -4.07. The summed E-state index contributed by atoms with van der Waals surface area (Å²) in [7, 11) is 0. The Morgan fingerprint density at radius 3 is 2.64 bits per heavy atom. The molecule has 0 aliphatic carbocycles. The molecule has 9 heteroatoms. The molecule has 0 saturated carbocycles. The van der Waals surface area contributed by atoms with Crippen molar-refractivity contribution in [3.05, 3.63) is 94.1 Å². The molecular weight excluding hydrogens is 460 g/mol. The van der Waals surface area contributed by atoms with Gasteiger partial charge in [-0.1, -0.05) is 42.5 Å². The minimum Gasteiger partial charge on any atom is -0.738 e. The second-order valence-electron chi connectivity index (χ2n) is 8.31. The predicted molar refractivity (Wildman–Crippen MR) is 133 cm³/mol. The molecule has 2 heterocycles. The van der Waals surface area contributed by atoms with Crippen LogP contribution in [0.3, 0.4) is 0 Å². The Balaban J connectivity index is 1.75. The van der Waals surface area contributed by atoms with Crippen molar-refractivity contribution in [1.29, 1.82) is 5.26 Å². The molecule has 0 radical (unpaired) electrons. The van der Waals surface area contributed by atoms with Crippen molar-refractivity contribution < 1.29 is 19.6 Å². The van der Waals surface area contributed by atoms with Crippen LogP contribution >= 0.6 is 0 Å². The Morgan fingerprint density at radius 1 is 1.14 bits per heavy atom. The highest BCUT2D eigenvalue weighted by Crippen LogP contribution is 2.41. The molecule has 2 N–H and O–H groups in total. The summed E-state index contributed by atoms with van der Waals surface area (Å²) in [5, 5.41) is 32.3. The lowest BCUT2D eigenvalue weighted by Crippen LogP contribution is -2.29. The van der Waals surface area contributed by atoms with Crippen LogP contribution in [0.1, 0.15) is 31.7 Å². The molecule has 36 heavy (non-hydrogen) atoms. The number of nitrogens with zero attached hydrogens (tertiary/aromatic N) is 3. The first-order chi connectivity index (χ1) is 17.4. The summed E-state index contributed by atoms with van der Waals surface area (Å²) >= 11 is 0.